The number of nitrogens with one attached hydrogen (secondary N) is 1. The summed E-state index contributed by atoms with van der Waals surface area (Å²) in [5.41, 5.74) is 4.32. The number of benzene rings is 3. The summed E-state index contributed by atoms with van der Waals surface area (Å²) in [7, 11) is 5.44. The highest BCUT2D eigenvalue weighted by atomic mass is 32.2. The maximum absolute atomic E-state index is 13.1. The maximum atomic E-state index is 13.1. The molecule has 1 aliphatic heterocycles. The van der Waals surface area contributed by atoms with E-state index in [-0.39, 0.29) is 18.4 Å². The zero-order valence-corrected chi connectivity index (χ0v) is 22.6. The minimum absolute atomic E-state index is 0.172. The van der Waals surface area contributed by atoms with Crippen LogP contribution in [0.25, 0.3) is 6.08 Å². The molecule has 9 heteroatoms. The molecule has 37 heavy (non-hydrogen) atoms. The fourth-order valence-electron chi connectivity index (χ4n) is 3.61. The number of hydrogen-bond donors (Lipinski definition) is 1. The number of ether oxygens (including phenoxy) is 2. The molecule has 1 heterocycles. The van der Waals surface area contributed by atoms with Crippen LogP contribution in [0.1, 0.15) is 11.1 Å². The Balaban J connectivity index is 1.44. The predicted octanol–water partition coefficient (Wildman–Crippen LogP) is 5.49. The zero-order chi connectivity index (χ0) is 26.5. The minimum atomic E-state index is -0.280. The second-order valence-electron chi connectivity index (χ2n) is 8.54. The number of aryl methyl sites for hydroxylation is 1. The number of thiocarbonyl (C=S) groups is 1. The van der Waals surface area contributed by atoms with E-state index in [0.29, 0.717) is 26.4 Å². The monoisotopic (exact) mass is 533 g/mol. The molecule has 0 aromatic heterocycles. The van der Waals surface area contributed by atoms with E-state index in [1.165, 1.54) is 23.8 Å². The Morgan fingerprint density at radius 3 is 2.41 bits per heavy atom. The Morgan fingerprint density at radius 1 is 1.05 bits per heavy atom. The second-order valence-corrected chi connectivity index (χ2v) is 10.2. The smallest absolute Gasteiger partial charge is 0.270 e. The molecule has 0 atom stereocenters. The van der Waals surface area contributed by atoms with Gasteiger partial charge in [0.1, 0.15) is 0 Å². The van der Waals surface area contributed by atoms with E-state index in [9.17, 15) is 9.59 Å². The minimum Gasteiger partial charge on any atom is -0.493 e. The molecule has 0 bridgehead atoms. The summed E-state index contributed by atoms with van der Waals surface area (Å²) < 4.78 is 11.6. The van der Waals surface area contributed by atoms with Crippen LogP contribution in [-0.4, -0.2) is 43.9 Å². The molecule has 4 rings (SSSR count). The molecule has 190 valence electrons. The summed E-state index contributed by atoms with van der Waals surface area (Å²) in [6.07, 6.45) is 1.77. The molecule has 7 nitrogen and oxygen atoms in total. The Kier molecular flexibility index (Phi) is 8.15. The van der Waals surface area contributed by atoms with Crippen LogP contribution in [0.4, 0.5) is 17.1 Å². The summed E-state index contributed by atoms with van der Waals surface area (Å²) in [6, 6.07) is 20.4. The fourth-order valence-corrected chi connectivity index (χ4v) is 4.91. The molecular weight excluding hydrogens is 506 g/mol. The largest absolute Gasteiger partial charge is 0.493 e. The Labute approximate surface area is 226 Å². The third-order valence-electron chi connectivity index (χ3n) is 5.60. The average molecular weight is 534 g/mol. The van der Waals surface area contributed by atoms with Crippen molar-refractivity contribution < 1.29 is 19.1 Å². The van der Waals surface area contributed by atoms with Crippen molar-refractivity contribution in [2.45, 2.75) is 6.92 Å². The van der Waals surface area contributed by atoms with Crippen molar-refractivity contribution in [1.29, 1.82) is 0 Å². The molecule has 2 amide bonds. The van der Waals surface area contributed by atoms with Crippen molar-refractivity contribution in [2.75, 3.05) is 42.9 Å². The highest BCUT2D eigenvalue weighted by molar-refractivity contribution is 8.27. The van der Waals surface area contributed by atoms with Gasteiger partial charge in [-0.25, -0.2) is 0 Å². The predicted molar refractivity (Wildman–Crippen MR) is 155 cm³/mol. The van der Waals surface area contributed by atoms with Gasteiger partial charge >= 0.3 is 0 Å². The van der Waals surface area contributed by atoms with Crippen LogP contribution in [0.3, 0.4) is 0 Å². The van der Waals surface area contributed by atoms with Crippen LogP contribution in [0, 0.1) is 6.92 Å². The van der Waals surface area contributed by atoms with Crippen molar-refractivity contribution in [3.8, 4) is 11.5 Å². The Hall–Kier alpha value is -3.82. The molecular formula is C28H27N3O4S2. The van der Waals surface area contributed by atoms with Gasteiger partial charge in [-0.2, -0.15) is 0 Å². The molecule has 1 fully saturated rings. The SMILES string of the molecule is COc1cc(/C=C2/SC(=S)N(c3ccc(N(C)C)cc3)C2=O)ccc1OCC(=O)Nc1ccc(C)cc1. The number of carbonyl (C=O) groups is 2. The first-order valence-electron chi connectivity index (χ1n) is 11.5. The van der Waals surface area contributed by atoms with Gasteiger partial charge in [0.25, 0.3) is 11.8 Å². The number of thioether (sulfide) groups is 1. The second kappa shape index (κ2) is 11.5. The molecule has 3 aromatic carbocycles. The van der Waals surface area contributed by atoms with Gasteiger partial charge in [-0.1, -0.05) is 47.7 Å². The van der Waals surface area contributed by atoms with Crippen LogP contribution in [0.15, 0.2) is 71.6 Å². The third-order valence-corrected chi connectivity index (χ3v) is 6.90. The number of methoxy groups -OCH3 is 1. The summed E-state index contributed by atoms with van der Waals surface area (Å²) in [6.45, 7) is 1.81. The van der Waals surface area contributed by atoms with Gasteiger partial charge in [-0.3, -0.25) is 14.5 Å². The topological polar surface area (TPSA) is 71.1 Å². The van der Waals surface area contributed by atoms with Crippen molar-refractivity contribution in [2.24, 2.45) is 0 Å². The average Bonchev–Trinajstić information content (AvgIpc) is 3.16. The summed E-state index contributed by atoms with van der Waals surface area (Å²) in [4.78, 5) is 29.5. The number of amides is 2. The fraction of sp³-hybridized carbons (Fsp3) is 0.179. The van der Waals surface area contributed by atoms with E-state index >= 15 is 0 Å². The Bertz CT molecular complexity index is 1350. The molecule has 0 saturated carbocycles. The summed E-state index contributed by atoms with van der Waals surface area (Å²) in [5, 5.41) is 2.80. The highest BCUT2D eigenvalue weighted by Gasteiger charge is 2.33. The van der Waals surface area contributed by atoms with Crippen LogP contribution >= 0.6 is 24.0 Å². The lowest BCUT2D eigenvalue weighted by atomic mass is 10.1. The van der Waals surface area contributed by atoms with Crippen LogP contribution in [0.2, 0.25) is 0 Å². The lowest BCUT2D eigenvalue weighted by molar-refractivity contribution is -0.118. The van der Waals surface area contributed by atoms with E-state index in [4.69, 9.17) is 21.7 Å². The molecule has 1 N–H and O–H groups in total. The van der Waals surface area contributed by atoms with Crippen LogP contribution in [0.5, 0.6) is 11.5 Å². The van der Waals surface area contributed by atoms with E-state index in [2.05, 4.69) is 5.32 Å². The molecule has 0 unspecified atom stereocenters. The summed E-state index contributed by atoms with van der Waals surface area (Å²) in [5.74, 6) is 0.413. The van der Waals surface area contributed by atoms with Gasteiger partial charge in [0.2, 0.25) is 0 Å². The van der Waals surface area contributed by atoms with Crippen LogP contribution in [-0.2, 0) is 9.59 Å². The van der Waals surface area contributed by atoms with Gasteiger partial charge in [0.05, 0.1) is 17.7 Å². The van der Waals surface area contributed by atoms with Crippen molar-refractivity contribution in [3.05, 3.63) is 82.8 Å². The molecule has 3 aromatic rings. The number of hydrogen-bond acceptors (Lipinski definition) is 7. The van der Waals surface area contributed by atoms with Gasteiger partial charge in [-0.15, -0.1) is 0 Å². The standard InChI is InChI=1S/C28H27N3O4S2/c1-18-5-8-20(9-6-18)29-26(32)17-35-23-14-7-19(15-24(23)34-4)16-25-27(33)31(28(36)37-25)22-12-10-21(11-13-22)30(2)3/h5-16H,17H2,1-4H3,(H,29,32)/b25-16+. The zero-order valence-electron chi connectivity index (χ0n) is 21.0. The first-order valence-corrected chi connectivity index (χ1v) is 12.7. The van der Waals surface area contributed by atoms with Crippen molar-refractivity contribution >= 4 is 63.3 Å². The molecule has 0 radical (unpaired) electrons. The van der Waals surface area contributed by atoms with Crippen molar-refractivity contribution in [3.63, 3.8) is 0 Å². The van der Waals surface area contributed by atoms with Gasteiger partial charge in [-0.05, 0) is 67.1 Å². The number of carbonyl (C=O) groups excluding carboxylic acids is 2. The van der Waals surface area contributed by atoms with E-state index in [0.717, 1.165) is 22.5 Å². The summed E-state index contributed by atoms with van der Waals surface area (Å²) >= 11 is 6.74. The first kappa shape index (κ1) is 26.2. The Morgan fingerprint density at radius 2 is 1.76 bits per heavy atom. The number of rotatable bonds is 8. The van der Waals surface area contributed by atoms with E-state index in [1.54, 1.807) is 24.3 Å². The normalized spacial score (nSPS) is 14.2. The van der Waals surface area contributed by atoms with E-state index in [1.807, 2.05) is 74.4 Å². The molecule has 0 spiro atoms. The lowest BCUT2D eigenvalue weighted by Crippen LogP contribution is -2.27. The van der Waals surface area contributed by atoms with E-state index < -0.39 is 0 Å². The number of nitrogens with zero attached hydrogens (tertiary/aromatic N) is 2. The lowest BCUT2D eigenvalue weighted by Gasteiger charge is -2.17. The van der Waals surface area contributed by atoms with Crippen molar-refractivity contribution in [1.82, 2.24) is 0 Å². The first-order chi connectivity index (χ1) is 17.7. The number of anilines is 3. The maximum Gasteiger partial charge on any atom is 0.270 e. The van der Waals surface area contributed by atoms with Gasteiger partial charge in [0, 0.05) is 25.5 Å². The highest BCUT2D eigenvalue weighted by Crippen LogP contribution is 2.37. The third kappa shape index (κ3) is 6.31. The quantitative estimate of drug-likeness (QED) is 0.303. The van der Waals surface area contributed by atoms with Crippen LogP contribution < -0.4 is 24.6 Å². The van der Waals surface area contributed by atoms with Gasteiger partial charge < -0.3 is 19.7 Å². The molecule has 1 saturated heterocycles. The van der Waals surface area contributed by atoms with Gasteiger partial charge in [0.15, 0.2) is 22.4 Å². The molecule has 0 aliphatic carbocycles. The molecule has 1 aliphatic rings.